The summed E-state index contributed by atoms with van der Waals surface area (Å²) in [6.45, 7) is 3.22. The van der Waals surface area contributed by atoms with Crippen LogP contribution in [0.25, 0.3) is 0 Å². The molecular weight excluding hydrogens is 204 g/mol. The normalized spacial score (nSPS) is 16.6. The molecule has 0 amide bonds. The van der Waals surface area contributed by atoms with Gasteiger partial charge >= 0.3 is 0 Å². The van der Waals surface area contributed by atoms with Crippen LogP contribution in [0.5, 0.6) is 0 Å². The molecule has 1 aliphatic heterocycles. The maximum absolute atomic E-state index is 11.7. The van der Waals surface area contributed by atoms with Gasteiger partial charge in [0.2, 0.25) is 0 Å². The predicted octanol–water partition coefficient (Wildman–Crippen LogP) is 1.87. The Kier molecular flexibility index (Phi) is 3.70. The van der Waals surface area contributed by atoms with E-state index in [-0.39, 0.29) is 12.1 Å². The number of aryl methyl sites for hydroxylation is 1. The Balaban J connectivity index is 1.86. The maximum atomic E-state index is 11.7. The van der Waals surface area contributed by atoms with E-state index >= 15 is 0 Å². The molecule has 1 aromatic rings. The Labute approximate surface area is 95.4 Å². The smallest absolute Gasteiger partial charge is 0.164 e. The molecule has 3 nitrogen and oxygen atoms in total. The average Bonchev–Trinajstić information content (AvgIpc) is 2.70. The molecule has 1 aliphatic rings. The van der Waals surface area contributed by atoms with Gasteiger partial charge in [-0.15, -0.1) is 0 Å². The van der Waals surface area contributed by atoms with E-state index < -0.39 is 0 Å². The first kappa shape index (κ1) is 11.3. The number of Topliss-reactive ketones (excluding diaryl/α,β-unsaturated/α-hetero) is 1. The Bertz CT molecular complexity index is 367. The van der Waals surface area contributed by atoms with E-state index in [0.29, 0.717) is 26.1 Å². The standard InChI is InChI=1S/C13H16O3/c1-10-3-2-4-11(7-10)8-12(14)9-13-15-5-6-16-13/h2-4,7,13H,5-6,8-9H2,1H3. The van der Waals surface area contributed by atoms with E-state index in [1.165, 1.54) is 5.56 Å². The Hall–Kier alpha value is -1.19. The summed E-state index contributed by atoms with van der Waals surface area (Å²) in [6, 6.07) is 8.01. The lowest BCUT2D eigenvalue weighted by Crippen LogP contribution is -2.15. The lowest BCUT2D eigenvalue weighted by Gasteiger charge is -2.07. The van der Waals surface area contributed by atoms with Crippen molar-refractivity contribution in [2.75, 3.05) is 13.2 Å². The van der Waals surface area contributed by atoms with Gasteiger partial charge in [0.05, 0.1) is 19.6 Å². The van der Waals surface area contributed by atoms with Crippen molar-refractivity contribution >= 4 is 5.78 Å². The number of ketones is 1. The second-order valence-corrected chi connectivity index (χ2v) is 4.08. The van der Waals surface area contributed by atoms with Gasteiger partial charge < -0.3 is 9.47 Å². The van der Waals surface area contributed by atoms with Crippen LogP contribution in [-0.4, -0.2) is 25.3 Å². The molecule has 0 saturated carbocycles. The molecule has 2 rings (SSSR count). The fourth-order valence-corrected chi connectivity index (χ4v) is 1.83. The zero-order chi connectivity index (χ0) is 11.4. The van der Waals surface area contributed by atoms with Gasteiger partial charge in [0, 0.05) is 6.42 Å². The first-order valence-corrected chi connectivity index (χ1v) is 5.54. The molecule has 0 spiro atoms. The van der Waals surface area contributed by atoms with E-state index in [1.807, 2.05) is 31.2 Å². The summed E-state index contributed by atoms with van der Waals surface area (Å²) in [5.41, 5.74) is 2.24. The van der Waals surface area contributed by atoms with Gasteiger partial charge in [0.25, 0.3) is 0 Å². The minimum absolute atomic E-state index is 0.164. The largest absolute Gasteiger partial charge is 0.350 e. The van der Waals surface area contributed by atoms with Gasteiger partial charge in [-0.3, -0.25) is 4.79 Å². The SMILES string of the molecule is Cc1cccc(CC(=O)CC2OCCO2)c1. The lowest BCUT2D eigenvalue weighted by atomic mass is 10.0. The highest BCUT2D eigenvalue weighted by molar-refractivity contribution is 5.81. The zero-order valence-electron chi connectivity index (χ0n) is 9.44. The molecule has 0 bridgehead atoms. The van der Waals surface area contributed by atoms with Crippen LogP contribution >= 0.6 is 0 Å². The summed E-state index contributed by atoms with van der Waals surface area (Å²) in [6.07, 6.45) is 0.496. The van der Waals surface area contributed by atoms with E-state index in [9.17, 15) is 4.79 Å². The first-order valence-electron chi connectivity index (χ1n) is 5.54. The van der Waals surface area contributed by atoms with E-state index in [0.717, 1.165) is 5.56 Å². The molecule has 1 fully saturated rings. The van der Waals surface area contributed by atoms with Crippen molar-refractivity contribution < 1.29 is 14.3 Å². The average molecular weight is 220 g/mol. The molecule has 0 atom stereocenters. The second-order valence-electron chi connectivity index (χ2n) is 4.08. The monoisotopic (exact) mass is 220 g/mol. The number of rotatable bonds is 4. The van der Waals surface area contributed by atoms with Crippen LogP contribution < -0.4 is 0 Å². The van der Waals surface area contributed by atoms with Crippen LogP contribution in [0.4, 0.5) is 0 Å². The minimum atomic E-state index is -0.322. The molecular formula is C13H16O3. The topological polar surface area (TPSA) is 35.5 Å². The van der Waals surface area contributed by atoms with Crippen LogP contribution in [0.3, 0.4) is 0 Å². The molecule has 16 heavy (non-hydrogen) atoms. The molecule has 1 saturated heterocycles. The van der Waals surface area contributed by atoms with Crippen molar-refractivity contribution in [1.29, 1.82) is 0 Å². The number of carbonyl (C=O) groups is 1. The third-order valence-electron chi connectivity index (χ3n) is 2.57. The molecule has 1 aromatic carbocycles. The summed E-state index contributed by atoms with van der Waals surface area (Å²) >= 11 is 0. The fourth-order valence-electron chi connectivity index (χ4n) is 1.83. The fraction of sp³-hybridized carbons (Fsp3) is 0.462. The number of carbonyl (C=O) groups excluding carboxylic acids is 1. The molecule has 86 valence electrons. The van der Waals surface area contributed by atoms with Gasteiger partial charge in [-0.2, -0.15) is 0 Å². The van der Waals surface area contributed by atoms with Crippen molar-refractivity contribution in [3.05, 3.63) is 35.4 Å². The molecule has 3 heteroatoms. The summed E-state index contributed by atoms with van der Waals surface area (Å²) < 4.78 is 10.5. The highest BCUT2D eigenvalue weighted by Crippen LogP contribution is 2.11. The van der Waals surface area contributed by atoms with Crippen molar-refractivity contribution in [3.8, 4) is 0 Å². The van der Waals surface area contributed by atoms with E-state index in [1.54, 1.807) is 0 Å². The van der Waals surface area contributed by atoms with Crippen LogP contribution in [0.2, 0.25) is 0 Å². The zero-order valence-corrected chi connectivity index (χ0v) is 9.44. The van der Waals surface area contributed by atoms with E-state index in [2.05, 4.69) is 0 Å². The molecule has 1 heterocycles. The number of hydrogen-bond acceptors (Lipinski definition) is 3. The van der Waals surface area contributed by atoms with Crippen molar-refractivity contribution in [3.63, 3.8) is 0 Å². The van der Waals surface area contributed by atoms with Crippen molar-refractivity contribution in [1.82, 2.24) is 0 Å². The summed E-state index contributed by atoms with van der Waals surface area (Å²) in [5.74, 6) is 0.164. The molecule has 0 radical (unpaired) electrons. The molecule has 0 aromatic heterocycles. The van der Waals surface area contributed by atoms with Gasteiger partial charge in [-0.05, 0) is 12.5 Å². The number of benzene rings is 1. The number of hydrogen-bond donors (Lipinski definition) is 0. The third kappa shape index (κ3) is 3.15. The van der Waals surface area contributed by atoms with Gasteiger partial charge in [0.15, 0.2) is 6.29 Å². The highest BCUT2D eigenvalue weighted by Gasteiger charge is 2.19. The van der Waals surface area contributed by atoms with Crippen molar-refractivity contribution in [2.45, 2.75) is 26.1 Å². The van der Waals surface area contributed by atoms with Crippen LogP contribution in [0.1, 0.15) is 17.5 Å². The minimum Gasteiger partial charge on any atom is -0.350 e. The Morgan fingerprint density at radius 1 is 1.38 bits per heavy atom. The van der Waals surface area contributed by atoms with E-state index in [4.69, 9.17) is 9.47 Å². The maximum Gasteiger partial charge on any atom is 0.164 e. The van der Waals surface area contributed by atoms with Crippen LogP contribution in [-0.2, 0) is 20.7 Å². The second kappa shape index (κ2) is 5.23. The Morgan fingerprint density at radius 2 is 2.12 bits per heavy atom. The predicted molar refractivity (Wildman–Crippen MR) is 60.2 cm³/mol. The van der Waals surface area contributed by atoms with Crippen LogP contribution in [0, 0.1) is 6.92 Å². The summed E-state index contributed by atoms with van der Waals surface area (Å²) in [5, 5.41) is 0. The summed E-state index contributed by atoms with van der Waals surface area (Å²) in [4.78, 5) is 11.7. The Morgan fingerprint density at radius 3 is 2.81 bits per heavy atom. The molecule has 0 unspecified atom stereocenters. The van der Waals surface area contributed by atoms with Crippen LogP contribution in [0.15, 0.2) is 24.3 Å². The number of ether oxygens (including phenoxy) is 2. The van der Waals surface area contributed by atoms with Gasteiger partial charge in [-0.1, -0.05) is 29.8 Å². The molecule has 0 N–H and O–H groups in total. The molecule has 0 aliphatic carbocycles. The summed E-state index contributed by atoms with van der Waals surface area (Å²) in [7, 11) is 0. The van der Waals surface area contributed by atoms with Crippen molar-refractivity contribution in [2.24, 2.45) is 0 Å². The third-order valence-corrected chi connectivity index (χ3v) is 2.57. The quantitative estimate of drug-likeness (QED) is 0.777. The highest BCUT2D eigenvalue weighted by atomic mass is 16.7. The van der Waals surface area contributed by atoms with Gasteiger partial charge in [-0.25, -0.2) is 0 Å². The lowest BCUT2D eigenvalue weighted by molar-refractivity contribution is -0.126. The first-order chi connectivity index (χ1) is 7.74. The van der Waals surface area contributed by atoms with Gasteiger partial charge in [0.1, 0.15) is 5.78 Å².